The van der Waals surface area contributed by atoms with Crippen LogP contribution in [0.5, 0.6) is 0 Å². The number of nitrogens with one attached hydrogen (secondary N) is 2. The normalized spacial score (nSPS) is 17.2. The molecule has 8 nitrogen and oxygen atoms in total. The van der Waals surface area contributed by atoms with Gasteiger partial charge in [0.1, 0.15) is 17.5 Å². The molecule has 1 atom stereocenters. The van der Waals surface area contributed by atoms with Gasteiger partial charge in [0.2, 0.25) is 5.91 Å². The zero-order valence-corrected chi connectivity index (χ0v) is 15.0. The molecule has 0 aliphatic carbocycles. The molecule has 0 saturated carbocycles. The second-order valence-electron chi connectivity index (χ2n) is 6.99. The van der Waals surface area contributed by atoms with Gasteiger partial charge in [-0.3, -0.25) is 14.4 Å². The van der Waals surface area contributed by atoms with Crippen molar-refractivity contribution in [3.8, 4) is 0 Å². The van der Waals surface area contributed by atoms with Gasteiger partial charge in [0.15, 0.2) is 0 Å². The Morgan fingerprint density at radius 3 is 2.58 bits per heavy atom. The van der Waals surface area contributed by atoms with Crippen molar-refractivity contribution >= 4 is 17.8 Å². The van der Waals surface area contributed by atoms with Crippen molar-refractivity contribution in [1.82, 2.24) is 20.0 Å². The van der Waals surface area contributed by atoms with Crippen LogP contribution in [-0.4, -0.2) is 58.0 Å². The Kier molecular flexibility index (Phi) is 5.36. The van der Waals surface area contributed by atoms with Crippen molar-refractivity contribution in [2.24, 2.45) is 7.05 Å². The molecular formula is C16H27N5O3. The minimum Gasteiger partial charge on any atom is -0.444 e. The van der Waals surface area contributed by atoms with Gasteiger partial charge in [-0.2, -0.15) is 5.10 Å². The molecule has 0 bridgehead atoms. The molecule has 1 saturated heterocycles. The van der Waals surface area contributed by atoms with Gasteiger partial charge in [-0.25, -0.2) is 4.79 Å². The second-order valence-corrected chi connectivity index (χ2v) is 6.99. The summed E-state index contributed by atoms with van der Waals surface area (Å²) in [5.74, 6) is 0.760. The quantitative estimate of drug-likeness (QED) is 0.790. The van der Waals surface area contributed by atoms with Crippen molar-refractivity contribution in [2.45, 2.75) is 45.8 Å². The lowest BCUT2D eigenvalue weighted by molar-refractivity contribution is -0.130. The molecule has 0 aromatic carbocycles. The number of amides is 2. The maximum Gasteiger partial charge on any atom is 0.410 e. The SMILES string of the molecule is Cc1cc(NCCNC(=O)[C@H]2CCN2C(=O)OC(C)(C)C)n(C)n1. The van der Waals surface area contributed by atoms with E-state index in [0.29, 0.717) is 26.1 Å². The van der Waals surface area contributed by atoms with Crippen LogP contribution in [0.25, 0.3) is 0 Å². The third-order valence-corrected chi connectivity index (χ3v) is 3.68. The number of likely N-dealkylation sites (tertiary alicyclic amines) is 1. The van der Waals surface area contributed by atoms with Gasteiger partial charge in [-0.15, -0.1) is 0 Å². The molecule has 0 unspecified atom stereocenters. The van der Waals surface area contributed by atoms with Crippen molar-refractivity contribution in [3.63, 3.8) is 0 Å². The average Bonchev–Trinajstić information content (AvgIpc) is 2.69. The Hall–Kier alpha value is -2.25. The number of carbonyl (C=O) groups excluding carboxylic acids is 2. The van der Waals surface area contributed by atoms with E-state index < -0.39 is 17.7 Å². The Morgan fingerprint density at radius 2 is 2.08 bits per heavy atom. The first-order valence-corrected chi connectivity index (χ1v) is 8.19. The third-order valence-electron chi connectivity index (χ3n) is 3.68. The molecule has 8 heteroatoms. The summed E-state index contributed by atoms with van der Waals surface area (Å²) >= 11 is 0. The molecule has 1 aromatic heterocycles. The summed E-state index contributed by atoms with van der Waals surface area (Å²) in [4.78, 5) is 25.7. The van der Waals surface area contributed by atoms with Crippen LogP contribution in [0.4, 0.5) is 10.6 Å². The van der Waals surface area contributed by atoms with Crippen LogP contribution in [0.1, 0.15) is 32.9 Å². The van der Waals surface area contributed by atoms with Crippen LogP contribution in [0.3, 0.4) is 0 Å². The fraction of sp³-hybridized carbons (Fsp3) is 0.688. The van der Waals surface area contributed by atoms with Crippen molar-refractivity contribution in [3.05, 3.63) is 11.8 Å². The molecule has 2 heterocycles. The smallest absolute Gasteiger partial charge is 0.410 e. The molecule has 0 spiro atoms. The topological polar surface area (TPSA) is 88.5 Å². The van der Waals surface area contributed by atoms with E-state index in [4.69, 9.17) is 4.74 Å². The lowest BCUT2D eigenvalue weighted by Crippen LogP contribution is -2.59. The van der Waals surface area contributed by atoms with Crippen molar-refractivity contribution in [2.75, 3.05) is 25.0 Å². The molecule has 1 aliphatic heterocycles. The highest BCUT2D eigenvalue weighted by Gasteiger charge is 2.39. The van der Waals surface area contributed by atoms with Gasteiger partial charge in [0, 0.05) is 32.7 Å². The summed E-state index contributed by atoms with van der Waals surface area (Å²) in [5.41, 5.74) is 0.380. The van der Waals surface area contributed by atoms with Crippen LogP contribution in [-0.2, 0) is 16.6 Å². The number of nitrogens with zero attached hydrogens (tertiary/aromatic N) is 3. The number of aromatic nitrogens is 2. The van der Waals surface area contributed by atoms with Crippen molar-refractivity contribution < 1.29 is 14.3 Å². The van der Waals surface area contributed by atoms with Gasteiger partial charge < -0.3 is 15.4 Å². The first-order chi connectivity index (χ1) is 11.2. The Bertz CT molecular complexity index is 605. The van der Waals surface area contributed by atoms with E-state index >= 15 is 0 Å². The van der Waals surface area contributed by atoms with E-state index in [1.165, 1.54) is 4.90 Å². The van der Waals surface area contributed by atoms with Gasteiger partial charge >= 0.3 is 6.09 Å². The lowest BCUT2D eigenvalue weighted by Gasteiger charge is -2.40. The van der Waals surface area contributed by atoms with Gasteiger partial charge in [0.25, 0.3) is 0 Å². The standard InChI is InChI=1S/C16H27N5O3/c1-11-10-13(20(5)19-11)17-7-8-18-14(22)12-6-9-21(12)15(23)24-16(2,3)4/h10,12,17H,6-9H2,1-5H3,(H,18,22)/t12-/m1/s1. The second kappa shape index (κ2) is 7.11. The van der Waals surface area contributed by atoms with E-state index in [2.05, 4.69) is 15.7 Å². The minimum absolute atomic E-state index is 0.143. The number of rotatable bonds is 5. The van der Waals surface area contributed by atoms with Gasteiger partial charge in [-0.1, -0.05) is 0 Å². The van der Waals surface area contributed by atoms with Gasteiger partial charge in [-0.05, 0) is 34.1 Å². The molecule has 24 heavy (non-hydrogen) atoms. The van der Waals surface area contributed by atoms with E-state index in [-0.39, 0.29) is 5.91 Å². The van der Waals surface area contributed by atoms with Crippen LogP contribution in [0.15, 0.2) is 6.07 Å². The highest BCUT2D eigenvalue weighted by atomic mass is 16.6. The molecule has 1 aliphatic rings. The molecule has 2 N–H and O–H groups in total. The van der Waals surface area contributed by atoms with Crippen LogP contribution < -0.4 is 10.6 Å². The number of anilines is 1. The number of aryl methyl sites for hydroxylation is 2. The van der Waals surface area contributed by atoms with Crippen LogP contribution >= 0.6 is 0 Å². The van der Waals surface area contributed by atoms with E-state index in [0.717, 1.165) is 11.5 Å². The maximum absolute atomic E-state index is 12.2. The highest BCUT2D eigenvalue weighted by Crippen LogP contribution is 2.21. The summed E-state index contributed by atoms with van der Waals surface area (Å²) in [5, 5.41) is 10.3. The number of hydrogen-bond donors (Lipinski definition) is 2. The lowest BCUT2D eigenvalue weighted by atomic mass is 10.0. The molecular weight excluding hydrogens is 310 g/mol. The van der Waals surface area contributed by atoms with E-state index in [1.54, 1.807) is 4.68 Å². The fourth-order valence-corrected chi connectivity index (χ4v) is 2.47. The third kappa shape index (κ3) is 4.62. The Balaban J connectivity index is 1.72. The predicted molar refractivity (Wildman–Crippen MR) is 90.8 cm³/mol. The Labute approximate surface area is 142 Å². The average molecular weight is 337 g/mol. The van der Waals surface area contributed by atoms with Gasteiger partial charge in [0.05, 0.1) is 5.69 Å². The zero-order valence-electron chi connectivity index (χ0n) is 15.0. The fourth-order valence-electron chi connectivity index (χ4n) is 2.47. The number of ether oxygens (including phenoxy) is 1. The molecule has 2 rings (SSSR count). The molecule has 0 radical (unpaired) electrons. The summed E-state index contributed by atoms with van der Waals surface area (Å²) in [6.07, 6.45) is 0.233. The van der Waals surface area contributed by atoms with E-state index in [1.807, 2.05) is 40.8 Å². The minimum atomic E-state index is -0.557. The zero-order chi connectivity index (χ0) is 17.9. The molecule has 1 aromatic rings. The first kappa shape index (κ1) is 18.1. The molecule has 1 fully saturated rings. The van der Waals surface area contributed by atoms with Crippen molar-refractivity contribution in [1.29, 1.82) is 0 Å². The van der Waals surface area contributed by atoms with E-state index in [9.17, 15) is 9.59 Å². The summed E-state index contributed by atoms with van der Waals surface area (Å²) < 4.78 is 7.06. The monoisotopic (exact) mass is 337 g/mol. The van der Waals surface area contributed by atoms with Crippen LogP contribution in [0, 0.1) is 6.92 Å². The molecule has 2 amide bonds. The predicted octanol–water partition coefficient (Wildman–Crippen LogP) is 1.27. The highest BCUT2D eigenvalue weighted by molar-refractivity contribution is 5.87. The largest absolute Gasteiger partial charge is 0.444 e. The van der Waals surface area contributed by atoms with Crippen LogP contribution in [0.2, 0.25) is 0 Å². The number of hydrogen-bond acceptors (Lipinski definition) is 5. The number of carbonyl (C=O) groups is 2. The Morgan fingerprint density at radius 1 is 1.38 bits per heavy atom. The first-order valence-electron chi connectivity index (χ1n) is 8.19. The maximum atomic E-state index is 12.2. The molecule has 134 valence electrons. The summed E-state index contributed by atoms with van der Waals surface area (Å²) in [6, 6.07) is 1.51. The summed E-state index contributed by atoms with van der Waals surface area (Å²) in [6.45, 7) is 8.97. The summed E-state index contributed by atoms with van der Waals surface area (Å²) in [7, 11) is 1.86.